The summed E-state index contributed by atoms with van der Waals surface area (Å²) in [4.78, 5) is 31.2. The first-order valence-electron chi connectivity index (χ1n) is 45.9. The minimum atomic E-state index is 0.690. The number of hydrogen-bond donors (Lipinski definition) is 0. The predicted octanol–water partition coefficient (Wildman–Crippen LogP) is 34.2. The van der Waals surface area contributed by atoms with Crippen LogP contribution in [-0.4, -0.2) is 43.6 Å². The SMILES string of the molecule is c1ccc(-c2ccc(-c3nc(-c4ccc(-n5c6ccccc6c6ccccc65)cc4)c4sc5ccccc5c4n3)cc2)cc1.c1ccc2c(c1)oc1cc(-c3nc(-c4ccc(-n5c6ccccc6c6ccccc65)cc4)c4sc5ccccc5c4n3)ccc12.c1ccc2cc(-c3ccc(-c4nc(-c5ccc(-n6c7ccccc7c7ccccc76)cc5)nc5c4sc4ccccc45)cc3)ccc2c1. The number of hydrogen-bond acceptors (Lipinski definition) is 10. The van der Waals surface area contributed by atoms with E-state index in [-0.39, 0.29) is 0 Å². The molecule has 0 unspecified atom stereocenters. The van der Waals surface area contributed by atoms with Gasteiger partial charge in [0.2, 0.25) is 0 Å². The Morgan fingerprint density at radius 1 is 0.175 bits per heavy atom. The molecule has 10 nitrogen and oxygen atoms in total. The van der Waals surface area contributed by atoms with Crippen molar-refractivity contribution in [1.29, 1.82) is 0 Å². The Balaban J connectivity index is 0.000000104. The summed E-state index contributed by atoms with van der Waals surface area (Å²) in [6.45, 7) is 0. The standard InChI is InChI=1S/C44H27N3S.C40H23N3OS.C40H25N3S/c1-2-10-32-27-33(22-19-28(32)9-1)29-17-20-30(21-18-29)41-43-42(37-13-5-8-16-40(37)48-43)46-44(45-41)31-23-25-34(26-24-31)47-38-14-6-3-11-35(38)36-12-4-7-15-39(36)47;1-5-13-32-27(9-1)28-10-2-6-14-33(28)43(32)26-20-17-24(18-21-26)37-39-38(31-12-4-8-16-36(31)45-39)42-40(41-37)25-19-22-30-29-11-3-7-15-34(29)44-35(30)23-25;1-2-10-26(11-3-1)27-18-20-29(21-19-27)40-41-37(39-38(42-40)33-14-6-9-17-36(33)44-39)28-22-24-30(25-23-28)43-34-15-7-4-12-31(34)32-13-5-8-16-35(32)43/h1-27H;1-23H;1-25H. The average molecular weight is 1800 g/mol. The Labute approximate surface area is 797 Å². The summed E-state index contributed by atoms with van der Waals surface area (Å²) in [5, 5.41) is 15.7. The second kappa shape index (κ2) is 32.8. The number of nitrogens with zero attached hydrogens (tertiary/aromatic N) is 9. The van der Waals surface area contributed by atoms with Gasteiger partial charge in [-0.2, -0.15) is 0 Å². The number of thiophene rings is 3. The average Bonchev–Trinajstić information content (AvgIpc) is 1.59. The van der Waals surface area contributed by atoms with E-state index in [0.717, 1.165) is 143 Å². The van der Waals surface area contributed by atoms with Gasteiger partial charge in [0.1, 0.15) is 11.2 Å². The third-order valence-corrected chi connectivity index (χ3v) is 30.2. The van der Waals surface area contributed by atoms with Crippen LogP contribution in [0.3, 0.4) is 0 Å². The van der Waals surface area contributed by atoms with E-state index >= 15 is 0 Å². The predicted molar refractivity (Wildman–Crippen MR) is 576 cm³/mol. The smallest absolute Gasteiger partial charge is 0.160 e. The lowest BCUT2D eigenvalue weighted by Crippen LogP contribution is -1.96. The van der Waals surface area contributed by atoms with Gasteiger partial charge in [-0.3, -0.25) is 0 Å². The monoisotopic (exact) mass is 1800 g/mol. The van der Waals surface area contributed by atoms with Gasteiger partial charge in [-0.15, -0.1) is 34.0 Å². The van der Waals surface area contributed by atoms with E-state index in [9.17, 15) is 0 Å². The summed E-state index contributed by atoms with van der Waals surface area (Å²) < 4.78 is 20.2. The van der Waals surface area contributed by atoms with E-state index in [1.807, 2.05) is 24.3 Å². The van der Waals surface area contributed by atoms with Crippen LogP contribution < -0.4 is 0 Å². The maximum atomic E-state index is 6.23. The minimum absolute atomic E-state index is 0.690. The number of para-hydroxylation sites is 7. The van der Waals surface area contributed by atoms with E-state index in [1.165, 1.54) is 118 Å². The van der Waals surface area contributed by atoms with Gasteiger partial charge >= 0.3 is 0 Å². The molecule has 0 saturated heterocycles. The fourth-order valence-electron chi connectivity index (χ4n) is 20.1. The van der Waals surface area contributed by atoms with Crippen molar-refractivity contribution >= 4 is 193 Å². The minimum Gasteiger partial charge on any atom is -0.456 e. The highest BCUT2D eigenvalue weighted by atomic mass is 32.1. The Kier molecular flexibility index (Phi) is 19.0. The van der Waals surface area contributed by atoms with Crippen molar-refractivity contribution in [2.45, 2.75) is 0 Å². The van der Waals surface area contributed by atoms with Crippen molar-refractivity contribution in [3.05, 3.63) is 455 Å². The molecule has 0 radical (unpaired) electrons. The molecule has 0 atom stereocenters. The zero-order chi connectivity index (χ0) is 90.1. The highest BCUT2D eigenvalue weighted by Crippen LogP contribution is 2.47. The lowest BCUT2D eigenvalue weighted by atomic mass is 9.99. The molecule has 0 N–H and O–H groups in total. The third kappa shape index (κ3) is 13.6. The zero-order valence-corrected chi connectivity index (χ0v) is 75.9. The van der Waals surface area contributed by atoms with Gasteiger partial charge in [0, 0.05) is 124 Å². The van der Waals surface area contributed by atoms with Crippen LogP contribution in [-0.2, 0) is 0 Å². The van der Waals surface area contributed by atoms with Crippen molar-refractivity contribution in [3.63, 3.8) is 0 Å². The summed E-state index contributed by atoms with van der Waals surface area (Å²) in [7, 11) is 0. The molecule has 0 fully saturated rings. The van der Waals surface area contributed by atoms with Crippen molar-refractivity contribution in [2.24, 2.45) is 0 Å². The van der Waals surface area contributed by atoms with Crippen LogP contribution in [0.4, 0.5) is 0 Å². The maximum Gasteiger partial charge on any atom is 0.160 e. The molecular weight excluding hydrogens is 1730 g/mol. The number of benzene rings is 19. The summed E-state index contributed by atoms with van der Waals surface area (Å²) in [6.07, 6.45) is 0. The zero-order valence-electron chi connectivity index (χ0n) is 73.5. The molecule has 10 aromatic heterocycles. The van der Waals surface area contributed by atoms with Crippen molar-refractivity contribution < 1.29 is 4.42 Å². The van der Waals surface area contributed by atoms with Gasteiger partial charge in [-0.25, -0.2) is 29.9 Å². The molecule has 0 spiro atoms. The van der Waals surface area contributed by atoms with E-state index < -0.39 is 0 Å². The van der Waals surface area contributed by atoms with Gasteiger partial charge < -0.3 is 18.1 Å². The first kappa shape index (κ1) is 79.3. The van der Waals surface area contributed by atoms with Crippen LogP contribution in [0.5, 0.6) is 0 Å². The van der Waals surface area contributed by atoms with Crippen molar-refractivity contribution in [2.75, 3.05) is 0 Å². The summed E-state index contributed by atoms with van der Waals surface area (Å²) in [6, 6.07) is 161. The number of aromatic nitrogens is 9. The Bertz CT molecular complexity index is 9700. The summed E-state index contributed by atoms with van der Waals surface area (Å²) >= 11 is 5.28. The first-order valence-corrected chi connectivity index (χ1v) is 48.4. The summed E-state index contributed by atoms with van der Waals surface area (Å²) in [5.74, 6) is 2.16. The molecule has 0 saturated carbocycles. The van der Waals surface area contributed by atoms with Gasteiger partial charge in [0.05, 0.1) is 80.8 Å². The van der Waals surface area contributed by atoms with Crippen molar-refractivity contribution in [3.8, 4) is 107 Å². The Morgan fingerprint density at radius 3 is 0.861 bits per heavy atom. The van der Waals surface area contributed by atoms with Crippen LogP contribution >= 0.6 is 34.0 Å². The van der Waals surface area contributed by atoms with Crippen LogP contribution in [0.25, 0.3) is 266 Å². The van der Waals surface area contributed by atoms with Gasteiger partial charge in [-0.1, -0.05) is 328 Å². The number of fused-ring (bicyclic) bond motifs is 22. The van der Waals surface area contributed by atoms with Gasteiger partial charge in [0.25, 0.3) is 0 Å². The summed E-state index contributed by atoms with van der Waals surface area (Å²) in [5.41, 5.74) is 29.1. The normalized spacial score (nSPS) is 11.8. The molecule has 0 amide bonds. The van der Waals surface area contributed by atoms with E-state index in [2.05, 4.69) is 444 Å². The molecule has 10 heterocycles. The molecular formula is C124H75N9OS3. The number of rotatable bonds is 11. The molecule has 29 aromatic rings. The maximum absolute atomic E-state index is 6.23. The molecule has 29 rings (SSSR count). The Morgan fingerprint density at radius 2 is 0.453 bits per heavy atom. The quantitative estimate of drug-likeness (QED) is 0.127. The second-order valence-electron chi connectivity index (χ2n) is 34.7. The Hall–Kier alpha value is -17.5. The highest BCUT2D eigenvalue weighted by Gasteiger charge is 2.25. The van der Waals surface area contributed by atoms with Crippen LogP contribution in [0, 0.1) is 0 Å². The molecule has 0 aliphatic heterocycles. The largest absolute Gasteiger partial charge is 0.456 e. The fraction of sp³-hybridized carbons (Fsp3) is 0. The molecule has 640 valence electrons. The fourth-order valence-corrected chi connectivity index (χ4v) is 23.6. The van der Waals surface area contributed by atoms with E-state index in [0.29, 0.717) is 5.82 Å². The van der Waals surface area contributed by atoms with Gasteiger partial charge in [-0.05, 0) is 160 Å². The molecule has 0 aliphatic rings. The third-order valence-electron chi connectivity index (χ3n) is 26.7. The molecule has 19 aromatic carbocycles. The molecule has 0 bridgehead atoms. The van der Waals surface area contributed by atoms with E-state index in [1.54, 1.807) is 34.0 Å². The lowest BCUT2D eigenvalue weighted by molar-refractivity contribution is 0.669. The number of furan rings is 1. The molecule has 137 heavy (non-hydrogen) atoms. The van der Waals surface area contributed by atoms with Crippen molar-refractivity contribution in [1.82, 2.24) is 43.6 Å². The molecule has 0 aliphatic carbocycles. The van der Waals surface area contributed by atoms with Gasteiger partial charge in [0.15, 0.2) is 17.5 Å². The van der Waals surface area contributed by atoms with Crippen LogP contribution in [0.15, 0.2) is 459 Å². The van der Waals surface area contributed by atoms with E-state index in [4.69, 9.17) is 34.3 Å². The highest BCUT2D eigenvalue weighted by molar-refractivity contribution is 7.27. The van der Waals surface area contributed by atoms with Crippen LogP contribution in [0.2, 0.25) is 0 Å². The first-order chi connectivity index (χ1) is 67.9. The molecule has 13 heteroatoms. The topological polar surface area (TPSA) is 105 Å². The van der Waals surface area contributed by atoms with Crippen LogP contribution in [0.1, 0.15) is 0 Å². The second-order valence-corrected chi connectivity index (χ2v) is 37.8. The lowest BCUT2D eigenvalue weighted by Gasteiger charge is -2.11.